The van der Waals surface area contributed by atoms with Crippen LogP contribution >= 0.6 is 27.5 Å². The predicted molar refractivity (Wildman–Crippen MR) is 85.9 cm³/mol. The third kappa shape index (κ3) is 3.32. The van der Waals surface area contributed by atoms with Crippen molar-refractivity contribution in [1.82, 2.24) is 5.32 Å². The van der Waals surface area contributed by atoms with Gasteiger partial charge >= 0.3 is 0 Å². The Labute approximate surface area is 131 Å². The maximum absolute atomic E-state index is 12.2. The monoisotopic (exact) mass is 352 g/mol. The molecule has 0 aliphatic heterocycles. The molecular formula is C15H14BrClN2O. The first-order chi connectivity index (χ1) is 9.49. The Balaban J connectivity index is 2.17. The summed E-state index contributed by atoms with van der Waals surface area (Å²) < 4.78 is 0.970. The van der Waals surface area contributed by atoms with Crippen LogP contribution < -0.4 is 11.1 Å². The van der Waals surface area contributed by atoms with E-state index in [0.717, 1.165) is 10.0 Å². The normalized spacial score (nSPS) is 11.9. The van der Waals surface area contributed by atoms with Gasteiger partial charge in [-0.3, -0.25) is 4.79 Å². The van der Waals surface area contributed by atoms with Crippen LogP contribution in [0.4, 0.5) is 5.69 Å². The highest BCUT2D eigenvalue weighted by molar-refractivity contribution is 9.10. The Bertz CT molecular complexity index is 646. The third-order valence-electron chi connectivity index (χ3n) is 2.97. The fraction of sp³-hybridized carbons (Fsp3) is 0.133. The molecule has 0 aliphatic carbocycles. The molecule has 0 radical (unpaired) electrons. The molecule has 1 amide bonds. The molecule has 1 unspecified atom stereocenters. The van der Waals surface area contributed by atoms with Crippen molar-refractivity contribution in [3.05, 3.63) is 63.1 Å². The van der Waals surface area contributed by atoms with E-state index in [1.807, 2.05) is 31.2 Å². The summed E-state index contributed by atoms with van der Waals surface area (Å²) in [5, 5.41) is 3.19. The summed E-state index contributed by atoms with van der Waals surface area (Å²) in [6, 6.07) is 12.7. The van der Waals surface area contributed by atoms with E-state index in [4.69, 9.17) is 17.3 Å². The minimum absolute atomic E-state index is 0.127. The van der Waals surface area contributed by atoms with Gasteiger partial charge in [0.25, 0.3) is 5.91 Å². The Hall–Kier alpha value is -1.52. The molecule has 104 valence electrons. The standard InChI is InChI=1S/C15H14BrClN2O/c1-9(10-4-2-5-11(16)8-10)19-15(20)12-6-3-7-13(18)14(12)17/h2-9H,18H2,1H3,(H,19,20). The van der Waals surface area contributed by atoms with Gasteiger partial charge in [0, 0.05) is 4.47 Å². The van der Waals surface area contributed by atoms with Gasteiger partial charge in [0.15, 0.2) is 0 Å². The number of rotatable bonds is 3. The van der Waals surface area contributed by atoms with E-state index in [1.54, 1.807) is 18.2 Å². The molecule has 3 N–H and O–H groups in total. The number of carbonyl (C=O) groups excluding carboxylic acids is 1. The molecule has 0 spiro atoms. The molecule has 0 aliphatic rings. The van der Waals surface area contributed by atoms with Crippen LogP contribution in [0.2, 0.25) is 5.02 Å². The van der Waals surface area contributed by atoms with Crippen molar-refractivity contribution in [2.75, 3.05) is 5.73 Å². The second-order valence-corrected chi connectivity index (χ2v) is 5.75. The van der Waals surface area contributed by atoms with Gasteiger partial charge in [-0.1, -0.05) is 45.7 Å². The van der Waals surface area contributed by atoms with E-state index in [9.17, 15) is 4.79 Å². The van der Waals surface area contributed by atoms with Crippen LogP contribution in [0.3, 0.4) is 0 Å². The molecule has 0 fully saturated rings. The highest BCUT2D eigenvalue weighted by Crippen LogP contribution is 2.24. The summed E-state index contributed by atoms with van der Waals surface area (Å²) in [6.45, 7) is 1.92. The fourth-order valence-corrected chi connectivity index (χ4v) is 2.49. The van der Waals surface area contributed by atoms with Crippen LogP contribution in [0.25, 0.3) is 0 Å². The lowest BCUT2D eigenvalue weighted by Gasteiger charge is -2.15. The quantitative estimate of drug-likeness (QED) is 0.813. The zero-order valence-electron chi connectivity index (χ0n) is 10.9. The molecular weight excluding hydrogens is 340 g/mol. The van der Waals surface area contributed by atoms with Gasteiger partial charge in [-0.25, -0.2) is 0 Å². The Morgan fingerprint density at radius 2 is 2.00 bits per heavy atom. The van der Waals surface area contributed by atoms with Crippen LogP contribution in [-0.2, 0) is 0 Å². The summed E-state index contributed by atoms with van der Waals surface area (Å²) in [7, 11) is 0. The number of nitrogens with two attached hydrogens (primary N) is 1. The van der Waals surface area contributed by atoms with Crippen LogP contribution in [0.5, 0.6) is 0 Å². The Kier molecular flexibility index (Phi) is 4.68. The van der Waals surface area contributed by atoms with E-state index < -0.39 is 0 Å². The van der Waals surface area contributed by atoms with Gasteiger partial charge in [0.1, 0.15) is 0 Å². The first kappa shape index (κ1) is 14.9. The highest BCUT2D eigenvalue weighted by Gasteiger charge is 2.15. The van der Waals surface area contributed by atoms with E-state index in [1.165, 1.54) is 0 Å². The topological polar surface area (TPSA) is 55.1 Å². The van der Waals surface area contributed by atoms with Crippen LogP contribution in [0, 0.1) is 0 Å². The zero-order chi connectivity index (χ0) is 14.7. The molecule has 5 heteroatoms. The van der Waals surface area contributed by atoms with Crippen molar-refractivity contribution in [1.29, 1.82) is 0 Å². The lowest BCUT2D eigenvalue weighted by atomic mass is 10.1. The van der Waals surface area contributed by atoms with Crippen LogP contribution in [0.15, 0.2) is 46.9 Å². The molecule has 0 heterocycles. The van der Waals surface area contributed by atoms with Gasteiger partial charge in [-0.15, -0.1) is 0 Å². The number of anilines is 1. The molecule has 2 aromatic carbocycles. The number of nitrogen functional groups attached to an aromatic ring is 1. The molecule has 1 atom stereocenters. The Morgan fingerprint density at radius 1 is 1.30 bits per heavy atom. The average molecular weight is 354 g/mol. The number of carbonyl (C=O) groups is 1. The summed E-state index contributed by atoms with van der Waals surface area (Å²) >= 11 is 9.46. The van der Waals surface area contributed by atoms with Crippen molar-refractivity contribution in [3.8, 4) is 0 Å². The van der Waals surface area contributed by atoms with Crippen molar-refractivity contribution in [3.63, 3.8) is 0 Å². The fourth-order valence-electron chi connectivity index (χ4n) is 1.86. The second-order valence-electron chi connectivity index (χ2n) is 4.46. The van der Waals surface area contributed by atoms with Crippen molar-refractivity contribution in [2.24, 2.45) is 0 Å². The predicted octanol–water partition coefficient (Wildman–Crippen LogP) is 4.18. The number of halogens is 2. The number of nitrogens with one attached hydrogen (secondary N) is 1. The first-order valence-electron chi connectivity index (χ1n) is 6.09. The van der Waals surface area contributed by atoms with Gasteiger partial charge in [0.05, 0.1) is 22.3 Å². The van der Waals surface area contributed by atoms with Gasteiger partial charge in [-0.2, -0.15) is 0 Å². The maximum atomic E-state index is 12.2. The molecule has 2 aromatic rings. The summed E-state index contributed by atoms with van der Waals surface area (Å²) in [5.74, 6) is -0.241. The number of hydrogen-bond acceptors (Lipinski definition) is 2. The van der Waals surface area contributed by atoms with Gasteiger partial charge in [-0.05, 0) is 36.8 Å². The van der Waals surface area contributed by atoms with Crippen LogP contribution in [-0.4, -0.2) is 5.91 Å². The first-order valence-corrected chi connectivity index (χ1v) is 7.26. The molecule has 20 heavy (non-hydrogen) atoms. The van der Waals surface area contributed by atoms with E-state index in [2.05, 4.69) is 21.2 Å². The summed E-state index contributed by atoms with van der Waals surface area (Å²) in [6.07, 6.45) is 0. The minimum Gasteiger partial charge on any atom is -0.398 e. The molecule has 3 nitrogen and oxygen atoms in total. The number of hydrogen-bond donors (Lipinski definition) is 2. The van der Waals surface area contributed by atoms with Crippen molar-refractivity contribution >= 4 is 39.1 Å². The Morgan fingerprint density at radius 3 is 2.70 bits per heavy atom. The second kappa shape index (κ2) is 6.29. The molecule has 0 bridgehead atoms. The summed E-state index contributed by atoms with van der Waals surface area (Å²) in [5.41, 5.74) is 7.49. The van der Waals surface area contributed by atoms with Gasteiger partial charge < -0.3 is 11.1 Å². The number of amides is 1. The molecule has 0 saturated carbocycles. The summed E-state index contributed by atoms with van der Waals surface area (Å²) in [4.78, 5) is 12.2. The van der Waals surface area contributed by atoms with Gasteiger partial charge in [0.2, 0.25) is 0 Å². The maximum Gasteiger partial charge on any atom is 0.253 e. The molecule has 0 saturated heterocycles. The van der Waals surface area contributed by atoms with Crippen molar-refractivity contribution < 1.29 is 4.79 Å². The average Bonchev–Trinajstić information content (AvgIpc) is 2.41. The van der Waals surface area contributed by atoms with E-state index in [-0.39, 0.29) is 17.0 Å². The smallest absolute Gasteiger partial charge is 0.253 e. The van der Waals surface area contributed by atoms with E-state index >= 15 is 0 Å². The molecule has 2 rings (SSSR count). The largest absolute Gasteiger partial charge is 0.398 e. The van der Waals surface area contributed by atoms with Crippen molar-refractivity contribution in [2.45, 2.75) is 13.0 Å². The zero-order valence-corrected chi connectivity index (χ0v) is 13.2. The minimum atomic E-state index is -0.241. The number of benzene rings is 2. The van der Waals surface area contributed by atoms with E-state index in [0.29, 0.717) is 11.3 Å². The lowest BCUT2D eigenvalue weighted by molar-refractivity contribution is 0.0940. The lowest BCUT2D eigenvalue weighted by Crippen LogP contribution is -2.27. The third-order valence-corrected chi connectivity index (χ3v) is 3.88. The highest BCUT2D eigenvalue weighted by atomic mass is 79.9. The SMILES string of the molecule is CC(NC(=O)c1cccc(N)c1Cl)c1cccc(Br)c1. The van der Waals surface area contributed by atoms with Crippen LogP contribution in [0.1, 0.15) is 28.9 Å². The molecule has 0 aromatic heterocycles.